The third-order valence-electron chi connectivity index (χ3n) is 4.03. The van der Waals surface area contributed by atoms with Gasteiger partial charge in [-0.3, -0.25) is 0 Å². The molecule has 0 aliphatic rings. The van der Waals surface area contributed by atoms with Gasteiger partial charge >= 0.3 is 11.9 Å². The molecule has 6 heteroatoms. The first-order valence-corrected chi connectivity index (χ1v) is 9.11. The van der Waals surface area contributed by atoms with Gasteiger partial charge in [0.25, 0.3) is 0 Å². The molecule has 0 atom stereocenters. The number of aromatic nitrogens is 1. The molecule has 0 radical (unpaired) electrons. The summed E-state index contributed by atoms with van der Waals surface area (Å²) in [7, 11) is 0. The molecule has 0 amide bonds. The van der Waals surface area contributed by atoms with Crippen molar-refractivity contribution in [2.75, 3.05) is 18.5 Å². The quantitative estimate of drug-likeness (QED) is 0.474. The second-order valence-electron chi connectivity index (χ2n) is 6.01. The van der Waals surface area contributed by atoms with E-state index in [4.69, 9.17) is 9.47 Å². The second kappa shape index (κ2) is 8.90. The maximum absolute atomic E-state index is 12.2. The molecular weight excluding hydrogens is 356 g/mol. The van der Waals surface area contributed by atoms with E-state index in [1.165, 1.54) is 0 Å². The van der Waals surface area contributed by atoms with Gasteiger partial charge in [-0.05, 0) is 43.7 Å². The van der Waals surface area contributed by atoms with Crippen molar-refractivity contribution in [2.24, 2.45) is 0 Å². The van der Waals surface area contributed by atoms with Crippen molar-refractivity contribution in [3.05, 3.63) is 66.4 Å². The molecule has 0 saturated carbocycles. The van der Waals surface area contributed by atoms with Gasteiger partial charge in [0.2, 0.25) is 0 Å². The highest BCUT2D eigenvalue weighted by Gasteiger charge is 2.14. The molecule has 0 fully saturated rings. The molecule has 0 spiro atoms. The number of esters is 2. The van der Waals surface area contributed by atoms with Crippen LogP contribution in [0.2, 0.25) is 0 Å². The zero-order valence-electron chi connectivity index (χ0n) is 15.8. The number of ether oxygens (including phenoxy) is 2. The average Bonchev–Trinajstić information content (AvgIpc) is 3.12. The van der Waals surface area contributed by atoms with Gasteiger partial charge in [-0.15, -0.1) is 0 Å². The number of nitrogens with one attached hydrogen (secondary N) is 2. The van der Waals surface area contributed by atoms with E-state index in [-0.39, 0.29) is 18.9 Å². The Morgan fingerprint density at radius 3 is 2.46 bits per heavy atom. The van der Waals surface area contributed by atoms with Crippen molar-refractivity contribution in [2.45, 2.75) is 13.8 Å². The van der Waals surface area contributed by atoms with Crippen LogP contribution in [0.15, 0.2) is 66.4 Å². The minimum absolute atomic E-state index is 0.0264. The largest absolute Gasteiger partial charge is 0.463 e. The van der Waals surface area contributed by atoms with Crippen LogP contribution in [-0.4, -0.2) is 30.1 Å². The fourth-order valence-electron chi connectivity index (χ4n) is 2.80. The fraction of sp³-hybridized carbons (Fsp3) is 0.182. The Morgan fingerprint density at radius 2 is 1.75 bits per heavy atom. The van der Waals surface area contributed by atoms with E-state index < -0.39 is 11.9 Å². The molecule has 6 nitrogen and oxygen atoms in total. The Balaban J connectivity index is 1.88. The van der Waals surface area contributed by atoms with Crippen LogP contribution >= 0.6 is 0 Å². The van der Waals surface area contributed by atoms with Crippen LogP contribution in [-0.2, 0) is 19.1 Å². The molecule has 1 aromatic heterocycles. The van der Waals surface area contributed by atoms with Crippen molar-refractivity contribution >= 4 is 28.5 Å². The Bertz CT molecular complexity index is 1010. The standard InChI is InChI=1S/C22H22N2O4/c1-3-27-21(25)14-20(22(26)28-4-2)23-17-10-11-18-16(12-17)13-19(24-18)15-8-6-5-7-9-15/h5-14,23-24H,3-4H2,1-2H3/b20-14+. The summed E-state index contributed by atoms with van der Waals surface area (Å²) in [5, 5.41) is 3.94. The summed E-state index contributed by atoms with van der Waals surface area (Å²) in [6.45, 7) is 3.84. The maximum Gasteiger partial charge on any atom is 0.355 e. The highest BCUT2D eigenvalue weighted by atomic mass is 16.5. The molecular formula is C22H22N2O4. The molecule has 3 rings (SSSR count). The van der Waals surface area contributed by atoms with Crippen LogP contribution < -0.4 is 5.32 Å². The molecule has 0 aliphatic heterocycles. The molecule has 0 aliphatic carbocycles. The molecule has 3 aromatic rings. The maximum atomic E-state index is 12.2. The summed E-state index contributed by atoms with van der Waals surface area (Å²) >= 11 is 0. The second-order valence-corrected chi connectivity index (χ2v) is 6.01. The van der Waals surface area contributed by atoms with Crippen molar-refractivity contribution in [1.29, 1.82) is 0 Å². The van der Waals surface area contributed by atoms with Gasteiger partial charge in [0, 0.05) is 22.3 Å². The molecule has 2 N–H and O–H groups in total. The van der Waals surface area contributed by atoms with Crippen molar-refractivity contribution < 1.29 is 19.1 Å². The lowest BCUT2D eigenvalue weighted by molar-refractivity contribution is -0.140. The third-order valence-corrected chi connectivity index (χ3v) is 4.03. The van der Waals surface area contributed by atoms with Crippen molar-refractivity contribution in [1.82, 2.24) is 4.98 Å². The number of fused-ring (bicyclic) bond motifs is 1. The van der Waals surface area contributed by atoms with Crippen LogP contribution in [0.25, 0.3) is 22.2 Å². The third kappa shape index (κ3) is 4.59. The molecule has 2 aromatic carbocycles. The number of benzene rings is 2. The van der Waals surface area contributed by atoms with Gasteiger partial charge in [0.05, 0.1) is 19.3 Å². The normalized spacial score (nSPS) is 11.3. The first kappa shape index (κ1) is 19.2. The lowest BCUT2D eigenvalue weighted by Crippen LogP contribution is -2.17. The molecule has 0 bridgehead atoms. The van der Waals surface area contributed by atoms with E-state index in [2.05, 4.69) is 10.3 Å². The summed E-state index contributed by atoms with van der Waals surface area (Å²) in [4.78, 5) is 27.3. The van der Waals surface area contributed by atoms with Crippen LogP contribution in [0.1, 0.15) is 13.8 Å². The van der Waals surface area contributed by atoms with Gasteiger partial charge in [0.1, 0.15) is 5.70 Å². The summed E-state index contributed by atoms with van der Waals surface area (Å²) in [6, 6.07) is 17.7. The SMILES string of the molecule is CCOC(=O)/C=C(/Nc1ccc2[nH]c(-c3ccccc3)cc2c1)C(=O)OCC. The Kier molecular flexibility index (Phi) is 6.11. The van der Waals surface area contributed by atoms with Crippen molar-refractivity contribution in [3.63, 3.8) is 0 Å². The number of hydrogen-bond donors (Lipinski definition) is 2. The lowest BCUT2D eigenvalue weighted by atomic mass is 10.1. The predicted octanol–water partition coefficient (Wildman–Crippen LogP) is 4.26. The van der Waals surface area contributed by atoms with E-state index in [0.29, 0.717) is 5.69 Å². The van der Waals surface area contributed by atoms with E-state index >= 15 is 0 Å². The van der Waals surface area contributed by atoms with Gasteiger partial charge in [-0.2, -0.15) is 0 Å². The van der Waals surface area contributed by atoms with E-state index in [1.54, 1.807) is 13.8 Å². The van der Waals surface area contributed by atoms with E-state index in [0.717, 1.165) is 28.2 Å². The smallest absolute Gasteiger partial charge is 0.355 e. The number of anilines is 1. The summed E-state index contributed by atoms with van der Waals surface area (Å²) in [5.74, 6) is -1.22. The first-order valence-electron chi connectivity index (χ1n) is 9.11. The van der Waals surface area contributed by atoms with E-state index in [1.807, 2.05) is 54.6 Å². The number of carbonyl (C=O) groups excluding carboxylic acids is 2. The van der Waals surface area contributed by atoms with Crippen LogP contribution in [0.3, 0.4) is 0 Å². The number of rotatable bonds is 7. The zero-order valence-corrected chi connectivity index (χ0v) is 15.8. The molecule has 1 heterocycles. The predicted molar refractivity (Wildman–Crippen MR) is 109 cm³/mol. The highest BCUT2D eigenvalue weighted by molar-refractivity contribution is 5.99. The number of carbonyl (C=O) groups is 2. The van der Waals surface area contributed by atoms with Gasteiger partial charge in [0.15, 0.2) is 0 Å². The minimum Gasteiger partial charge on any atom is -0.463 e. The zero-order chi connectivity index (χ0) is 19.9. The van der Waals surface area contributed by atoms with Gasteiger partial charge < -0.3 is 19.8 Å². The highest BCUT2D eigenvalue weighted by Crippen LogP contribution is 2.26. The lowest BCUT2D eigenvalue weighted by Gasteiger charge is -2.10. The van der Waals surface area contributed by atoms with Crippen LogP contribution in [0, 0.1) is 0 Å². The summed E-state index contributed by atoms with van der Waals surface area (Å²) < 4.78 is 9.91. The molecule has 0 unspecified atom stereocenters. The number of hydrogen-bond acceptors (Lipinski definition) is 5. The Labute approximate surface area is 163 Å². The minimum atomic E-state index is -0.616. The average molecular weight is 378 g/mol. The summed E-state index contributed by atoms with van der Waals surface area (Å²) in [5.41, 5.74) is 3.74. The van der Waals surface area contributed by atoms with Gasteiger partial charge in [-0.25, -0.2) is 9.59 Å². The molecule has 0 saturated heterocycles. The number of aromatic amines is 1. The molecule has 144 valence electrons. The fourth-order valence-corrected chi connectivity index (χ4v) is 2.80. The summed E-state index contributed by atoms with van der Waals surface area (Å²) in [6.07, 6.45) is 1.11. The first-order chi connectivity index (χ1) is 13.6. The Hall–Kier alpha value is -3.54. The topological polar surface area (TPSA) is 80.4 Å². The van der Waals surface area contributed by atoms with Crippen LogP contribution in [0.5, 0.6) is 0 Å². The Morgan fingerprint density at radius 1 is 1.00 bits per heavy atom. The van der Waals surface area contributed by atoms with Crippen LogP contribution in [0.4, 0.5) is 5.69 Å². The molecule has 28 heavy (non-hydrogen) atoms. The monoisotopic (exact) mass is 378 g/mol. The van der Waals surface area contributed by atoms with Gasteiger partial charge in [-0.1, -0.05) is 30.3 Å². The van der Waals surface area contributed by atoms with Crippen molar-refractivity contribution in [3.8, 4) is 11.3 Å². The number of H-pyrrole nitrogens is 1. The van der Waals surface area contributed by atoms with E-state index in [9.17, 15) is 9.59 Å².